The van der Waals surface area contributed by atoms with Crippen molar-refractivity contribution < 1.29 is 14.3 Å². The van der Waals surface area contributed by atoms with Crippen LogP contribution < -0.4 is 4.74 Å². The molecule has 4 heteroatoms. The van der Waals surface area contributed by atoms with Gasteiger partial charge in [0.2, 0.25) is 0 Å². The van der Waals surface area contributed by atoms with Crippen LogP contribution in [0.2, 0.25) is 0 Å². The number of benzene rings is 1. The van der Waals surface area contributed by atoms with E-state index in [0.29, 0.717) is 12.2 Å². The summed E-state index contributed by atoms with van der Waals surface area (Å²) in [4.78, 5) is 16.1. The van der Waals surface area contributed by atoms with Gasteiger partial charge in [0.15, 0.2) is 0 Å². The van der Waals surface area contributed by atoms with E-state index in [1.54, 1.807) is 18.3 Å². The number of carbonyl (C=O) groups is 1. The van der Waals surface area contributed by atoms with Crippen LogP contribution in [0.4, 0.5) is 0 Å². The van der Waals surface area contributed by atoms with E-state index in [-0.39, 0.29) is 18.0 Å². The smallest absolute Gasteiger partial charge is 0.340 e. The Hall–Kier alpha value is -2.36. The molecule has 0 N–H and O–H groups in total. The van der Waals surface area contributed by atoms with Gasteiger partial charge >= 0.3 is 5.97 Å². The number of para-hydroxylation sites is 1. The van der Waals surface area contributed by atoms with Crippen LogP contribution in [0.1, 0.15) is 28.9 Å². The van der Waals surface area contributed by atoms with Crippen molar-refractivity contribution in [2.75, 3.05) is 6.61 Å². The van der Waals surface area contributed by atoms with Gasteiger partial charge in [-0.2, -0.15) is 0 Å². The van der Waals surface area contributed by atoms with Crippen LogP contribution in [-0.2, 0) is 4.74 Å². The zero-order valence-corrected chi connectivity index (χ0v) is 11.2. The first-order valence-electron chi connectivity index (χ1n) is 6.58. The van der Waals surface area contributed by atoms with Gasteiger partial charge in [-0.1, -0.05) is 25.1 Å². The summed E-state index contributed by atoms with van der Waals surface area (Å²) in [5, 5.41) is 0. The Morgan fingerprint density at radius 1 is 1.30 bits per heavy atom. The Kier molecular flexibility index (Phi) is 3.37. The van der Waals surface area contributed by atoms with Crippen LogP contribution in [0, 0.1) is 5.92 Å². The molecule has 2 heterocycles. The lowest BCUT2D eigenvalue weighted by Crippen LogP contribution is -2.27. The van der Waals surface area contributed by atoms with Crippen LogP contribution in [0.5, 0.6) is 5.75 Å². The molecule has 2 aromatic rings. The number of hydrogen-bond acceptors (Lipinski definition) is 4. The van der Waals surface area contributed by atoms with E-state index >= 15 is 0 Å². The normalized spacial score (nSPS) is 20.6. The third kappa shape index (κ3) is 2.37. The number of aromatic nitrogens is 1. The molecule has 2 atom stereocenters. The molecule has 0 spiro atoms. The molecule has 1 aromatic heterocycles. The maximum absolute atomic E-state index is 12.2. The van der Waals surface area contributed by atoms with E-state index in [9.17, 15) is 4.79 Å². The summed E-state index contributed by atoms with van der Waals surface area (Å²) >= 11 is 0. The van der Waals surface area contributed by atoms with Gasteiger partial charge in [-0.15, -0.1) is 0 Å². The fourth-order valence-electron chi connectivity index (χ4n) is 2.31. The van der Waals surface area contributed by atoms with Crippen molar-refractivity contribution in [3.05, 3.63) is 59.9 Å². The molecule has 1 aliphatic heterocycles. The van der Waals surface area contributed by atoms with Gasteiger partial charge in [-0.25, -0.2) is 4.79 Å². The number of ether oxygens (including phenoxy) is 2. The quantitative estimate of drug-likeness (QED) is 0.786. The Balaban J connectivity index is 1.85. The minimum Gasteiger partial charge on any atom is -0.493 e. The molecule has 0 aliphatic carbocycles. The lowest BCUT2D eigenvalue weighted by atomic mass is 9.94. The number of rotatable bonds is 2. The van der Waals surface area contributed by atoms with E-state index in [0.717, 1.165) is 11.3 Å². The van der Waals surface area contributed by atoms with Crippen molar-refractivity contribution in [1.82, 2.24) is 4.98 Å². The summed E-state index contributed by atoms with van der Waals surface area (Å²) < 4.78 is 11.3. The van der Waals surface area contributed by atoms with Gasteiger partial charge in [0.05, 0.1) is 12.2 Å². The highest BCUT2D eigenvalue weighted by Crippen LogP contribution is 2.37. The van der Waals surface area contributed by atoms with Crippen molar-refractivity contribution >= 4 is 5.97 Å². The molecule has 0 bridgehead atoms. The lowest BCUT2D eigenvalue weighted by molar-refractivity contribution is -0.000260. The van der Waals surface area contributed by atoms with Crippen LogP contribution in [0.3, 0.4) is 0 Å². The third-order valence-corrected chi connectivity index (χ3v) is 3.38. The Morgan fingerprint density at radius 2 is 2.15 bits per heavy atom. The molecular weight excluding hydrogens is 254 g/mol. The molecule has 0 amide bonds. The molecule has 4 nitrogen and oxygen atoms in total. The largest absolute Gasteiger partial charge is 0.493 e. The molecule has 20 heavy (non-hydrogen) atoms. The number of pyridine rings is 1. The highest BCUT2D eigenvalue weighted by molar-refractivity contribution is 5.89. The Morgan fingerprint density at radius 3 is 2.95 bits per heavy atom. The molecular formula is C16H15NO3. The molecule has 102 valence electrons. The summed E-state index contributed by atoms with van der Waals surface area (Å²) in [6.07, 6.45) is 2.86. The predicted molar refractivity (Wildman–Crippen MR) is 73.5 cm³/mol. The lowest BCUT2D eigenvalue weighted by Gasteiger charge is -2.30. The van der Waals surface area contributed by atoms with E-state index in [2.05, 4.69) is 4.98 Å². The van der Waals surface area contributed by atoms with Crippen LogP contribution in [0.25, 0.3) is 0 Å². The summed E-state index contributed by atoms with van der Waals surface area (Å²) in [7, 11) is 0. The second-order valence-corrected chi connectivity index (χ2v) is 4.89. The second kappa shape index (κ2) is 5.33. The highest BCUT2D eigenvalue weighted by Gasteiger charge is 2.31. The molecule has 3 rings (SSSR count). The molecule has 1 aliphatic rings. The standard InChI is InChI=1S/C16H15NO3/c1-11-10-19-14-7-3-2-6-13(14)15(11)20-16(18)12-5-4-8-17-9-12/h2-9,11,15H,10H2,1H3/t11-,15+/m0/s1. The monoisotopic (exact) mass is 269 g/mol. The van der Waals surface area contributed by atoms with Crippen LogP contribution in [-0.4, -0.2) is 17.6 Å². The fourth-order valence-corrected chi connectivity index (χ4v) is 2.31. The Bertz CT molecular complexity index is 612. The average molecular weight is 269 g/mol. The summed E-state index contributed by atoms with van der Waals surface area (Å²) in [6, 6.07) is 11.1. The van der Waals surface area contributed by atoms with E-state index < -0.39 is 0 Å². The minimum absolute atomic E-state index is 0.116. The number of fused-ring (bicyclic) bond motifs is 1. The summed E-state index contributed by atoms with van der Waals surface area (Å²) in [5.74, 6) is 0.548. The highest BCUT2D eigenvalue weighted by atomic mass is 16.6. The number of nitrogens with zero attached hydrogens (tertiary/aromatic N) is 1. The van der Waals surface area contributed by atoms with E-state index in [1.165, 1.54) is 6.20 Å². The molecule has 0 saturated heterocycles. The van der Waals surface area contributed by atoms with Gasteiger partial charge < -0.3 is 9.47 Å². The van der Waals surface area contributed by atoms with Crippen LogP contribution >= 0.6 is 0 Å². The third-order valence-electron chi connectivity index (χ3n) is 3.38. The molecule has 0 fully saturated rings. The van der Waals surface area contributed by atoms with Crippen LogP contribution in [0.15, 0.2) is 48.8 Å². The molecule has 0 unspecified atom stereocenters. The zero-order chi connectivity index (χ0) is 13.9. The van der Waals surface area contributed by atoms with Crippen molar-refractivity contribution in [1.29, 1.82) is 0 Å². The van der Waals surface area contributed by atoms with Gasteiger partial charge in [-0.05, 0) is 18.2 Å². The second-order valence-electron chi connectivity index (χ2n) is 4.89. The average Bonchev–Trinajstić information content (AvgIpc) is 2.51. The maximum Gasteiger partial charge on any atom is 0.340 e. The van der Waals surface area contributed by atoms with Gasteiger partial charge in [0, 0.05) is 23.9 Å². The van der Waals surface area contributed by atoms with Gasteiger partial charge in [-0.3, -0.25) is 4.98 Å². The van der Waals surface area contributed by atoms with Crippen molar-refractivity contribution in [3.63, 3.8) is 0 Å². The SMILES string of the molecule is C[C@H]1COc2ccccc2[C@@H]1OC(=O)c1cccnc1. The summed E-state index contributed by atoms with van der Waals surface area (Å²) in [5.41, 5.74) is 1.38. The van der Waals surface area contributed by atoms with E-state index in [4.69, 9.17) is 9.47 Å². The fraction of sp³-hybridized carbons (Fsp3) is 0.250. The van der Waals surface area contributed by atoms with Crippen molar-refractivity contribution in [3.8, 4) is 5.75 Å². The van der Waals surface area contributed by atoms with E-state index in [1.807, 2.05) is 31.2 Å². The zero-order valence-electron chi connectivity index (χ0n) is 11.2. The van der Waals surface area contributed by atoms with Crippen molar-refractivity contribution in [2.45, 2.75) is 13.0 Å². The maximum atomic E-state index is 12.2. The first-order valence-corrected chi connectivity index (χ1v) is 6.58. The predicted octanol–water partition coefficient (Wildman–Crippen LogP) is 3.01. The molecule has 0 radical (unpaired) electrons. The Labute approximate surface area is 117 Å². The topological polar surface area (TPSA) is 48.4 Å². The summed E-state index contributed by atoms with van der Waals surface area (Å²) in [6.45, 7) is 2.55. The number of hydrogen-bond donors (Lipinski definition) is 0. The van der Waals surface area contributed by atoms with Gasteiger partial charge in [0.1, 0.15) is 11.9 Å². The molecule has 0 saturated carbocycles. The number of carbonyl (C=O) groups excluding carboxylic acids is 1. The molecule has 1 aromatic carbocycles. The van der Waals surface area contributed by atoms with Gasteiger partial charge in [0.25, 0.3) is 0 Å². The number of esters is 1. The minimum atomic E-state index is -0.355. The first kappa shape index (κ1) is 12.7. The first-order chi connectivity index (χ1) is 9.75. The van der Waals surface area contributed by atoms with Crippen molar-refractivity contribution in [2.24, 2.45) is 5.92 Å².